The molecule has 3 rings (SSSR count). The summed E-state index contributed by atoms with van der Waals surface area (Å²) in [6.07, 6.45) is 5.40. The lowest BCUT2D eigenvalue weighted by molar-refractivity contribution is 0.0701. The largest absolute Gasteiger partial charge is 0.397 e. The molecule has 2 saturated heterocycles. The summed E-state index contributed by atoms with van der Waals surface area (Å²) >= 11 is 0. The molecule has 3 N–H and O–H groups in total. The predicted octanol–water partition coefficient (Wildman–Crippen LogP) is 0.924. The molecule has 6 nitrogen and oxygen atoms in total. The zero-order chi connectivity index (χ0) is 14.7. The molecule has 0 aliphatic carbocycles. The van der Waals surface area contributed by atoms with Crippen LogP contribution in [-0.2, 0) is 4.74 Å². The van der Waals surface area contributed by atoms with Crippen LogP contribution in [0.4, 0.5) is 5.69 Å². The molecule has 0 bridgehead atoms. The summed E-state index contributed by atoms with van der Waals surface area (Å²) in [5.74, 6) is 0.0469. The molecule has 0 saturated carbocycles. The van der Waals surface area contributed by atoms with Crippen molar-refractivity contribution in [1.29, 1.82) is 0 Å². The van der Waals surface area contributed by atoms with Crippen LogP contribution in [0.2, 0.25) is 0 Å². The Morgan fingerprint density at radius 2 is 2.24 bits per heavy atom. The van der Waals surface area contributed by atoms with E-state index in [4.69, 9.17) is 10.5 Å². The van der Waals surface area contributed by atoms with Gasteiger partial charge in [0.05, 0.1) is 6.10 Å². The van der Waals surface area contributed by atoms with Gasteiger partial charge < -0.3 is 20.4 Å². The second-order valence-electron chi connectivity index (χ2n) is 5.93. The molecule has 0 radical (unpaired) electrons. The molecular weight excluding hydrogens is 268 g/mol. The molecule has 1 aromatic heterocycles. The van der Waals surface area contributed by atoms with E-state index in [0.717, 1.165) is 45.8 Å². The monoisotopic (exact) mass is 292 g/mol. The van der Waals surface area contributed by atoms with Gasteiger partial charge in [-0.25, -0.2) is 0 Å². The number of hydrogen-bond donors (Lipinski definition) is 2. The molecule has 2 fully saturated rings. The number of ether oxygens (including phenoxy) is 1. The number of H-pyrrole nitrogens is 1. The Kier molecular flexibility index (Phi) is 4.45. The van der Waals surface area contributed by atoms with Crippen molar-refractivity contribution in [2.24, 2.45) is 0 Å². The first-order valence-corrected chi connectivity index (χ1v) is 7.79. The molecule has 3 heterocycles. The van der Waals surface area contributed by atoms with Crippen molar-refractivity contribution in [3.05, 3.63) is 18.0 Å². The highest BCUT2D eigenvalue weighted by molar-refractivity contribution is 5.93. The molecule has 2 aliphatic heterocycles. The first-order valence-electron chi connectivity index (χ1n) is 7.79. The molecule has 21 heavy (non-hydrogen) atoms. The van der Waals surface area contributed by atoms with Gasteiger partial charge in [0.1, 0.15) is 5.69 Å². The van der Waals surface area contributed by atoms with Gasteiger partial charge in [-0.3, -0.25) is 9.69 Å². The zero-order valence-corrected chi connectivity index (χ0v) is 12.4. The minimum absolute atomic E-state index is 0.0469. The maximum absolute atomic E-state index is 12.4. The smallest absolute Gasteiger partial charge is 0.270 e. The number of anilines is 1. The van der Waals surface area contributed by atoms with Crippen LogP contribution in [0.15, 0.2) is 12.3 Å². The fourth-order valence-electron chi connectivity index (χ4n) is 3.14. The zero-order valence-electron chi connectivity index (χ0n) is 12.4. The normalized spacial score (nSPS) is 24.2. The number of nitrogens with one attached hydrogen (secondary N) is 1. The average Bonchev–Trinajstić information content (AvgIpc) is 3.07. The van der Waals surface area contributed by atoms with Gasteiger partial charge >= 0.3 is 0 Å². The Morgan fingerprint density at radius 1 is 1.33 bits per heavy atom. The summed E-state index contributed by atoms with van der Waals surface area (Å²) in [6.45, 7) is 5.43. The van der Waals surface area contributed by atoms with E-state index in [1.807, 2.05) is 4.90 Å². The molecule has 116 valence electrons. The number of rotatable bonds is 3. The highest BCUT2D eigenvalue weighted by Gasteiger charge is 2.24. The summed E-state index contributed by atoms with van der Waals surface area (Å²) in [4.78, 5) is 19.7. The van der Waals surface area contributed by atoms with Crippen molar-refractivity contribution >= 4 is 11.6 Å². The minimum Gasteiger partial charge on any atom is -0.397 e. The Morgan fingerprint density at radius 3 is 2.95 bits per heavy atom. The fourth-order valence-corrected chi connectivity index (χ4v) is 3.14. The first-order chi connectivity index (χ1) is 10.2. The second kappa shape index (κ2) is 6.49. The molecular formula is C15H24N4O2. The van der Waals surface area contributed by atoms with E-state index in [-0.39, 0.29) is 5.91 Å². The van der Waals surface area contributed by atoms with Crippen molar-refractivity contribution in [1.82, 2.24) is 14.8 Å². The van der Waals surface area contributed by atoms with E-state index in [0.29, 0.717) is 17.5 Å². The first kappa shape index (κ1) is 14.4. The summed E-state index contributed by atoms with van der Waals surface area (Å²) < 4.78 is 5.70. The number of nitrogen functional groups attached to an aromatic ring is 1. The second-order valence-corrected chi connectivity index (χ2v) is 5.93. The summed E-state index contributed by atoms with van der Waals surface area (Å²) in [5.41, 5.74) is 6.85. The number of nitrogens with zero attached hydrogens (tertiary/aromatic N) is 2. The molecule has 1 unspecified atom stereocenters. The van der Waals surface area contributed by atoms with Gasteiger partial charge in [0.25, 0.3) is 5.91 Å². The van der Waals surface area contributed by atoms with Crippen LogP contribution in [0.3, 0.4) is 0 Å². The van der Waals surface area contributed by atoms with Crippen LogP contribution in [0.25, 0.3) is 0 Å². The average molecular weight is 292 g/mol. The Hall–Kier alpha value is -1.53. The third kappa shape index (κ3) is 3.57. The van der Waals surface area contributed by atoms with Crippen molar-refractivity contribution in [3.8, 4) is 0 Å². The van der Waals surface area contributed by atoms with Gasteiger partial charge in [0.2, 0.25) is 0 Å². The number of nitrogens with two attached hydrogens (primary N) is 1. The molecule has 1 atom stereocenters. The fraction of sp³-hybridized carbons (Fsp3) is 0.667. The maximum Gasteiger partial charge on any atom is 0.270 e. The maximum atomic E-state index is 12.4. The molecule has 6 heteroatoms. The molecule has 1 amide bonds. The van der Waals surface area contributed by atoms with E-state index in [1.54, 1.807) is 12.3 Å². The topological polar surface area (TPSA) is 74.6 Å². The summed E-state index contributed by atoms with van der Waals surface area (Å²) in [6, 6.07) is 1.71. The minimum atomic E-state index is 0.0469. The standard InChI is InChI=1S/C15H24N4O2/c16-12-9-14(17-10-12)15(20)19-5-2-4-18(6-7-19)11-13-3-1-8-21-13/h9-10,13,17H,1-8,11,16H2. The Bertz CT molecular complexity index is 482. The highest BCUT2D eigenvalue weighted by Crippen LogP contribution is 2.15. The number of amides is 1. The van der Waals surface area contributed by atoms with E-state index < -0.39 is 0 Å². The summed E-state index contributed by atoms with van der Waals surface area (Å²) in [7, 11) is 0. The molecule has 0 aromatic carbocycles. The van der Waals surface area contributed by atoms with Gasteiger partial charge in [0.15, 0.2) is 0 Å². The lowest BCUT2D eigenvalue weighted by Gasteiger charge is -2.23. The van der Waals surface area contributed by atoms with Gasteiger partial charge in [-0.2, -0.15) is 0 Å². The third-order valence-corrected chi connectivity index (χ3v) is 4.30. The van der Waals surface area contributed by atoms with E-state index >= 15 is 0 Å². The van der Waals surface area contributed by atoms with E-state index in [1.165, 1.54) is 12.8 Å². The molecule has 0 spiro atoms. The van der Waals surface area contributed by atoms with Crippen LogP contribution >= 0.6 is 0 Å². The van der Waals surface area contributed by atoms with Gasteiger partial charge in [0, 0.05) is 44.7 Å². The number of carbonyl (C=O) groups excluding carboxylic acids is 1. The van der Waals surface area contributed by atoms with Crippen LogP contribution in [0, 0.1) is 0 Å². The van der Waals surface area contributed by atoms with E-state index in [2.05, 4.69) is 9.88 Å². The van der Waals surface area contributed by atoms with Gasteiger partial charge in [-0.1, -0.05) is 0 Å². The third-order valence-electron chi connectivity index (χ3n) is 4.30. The van der Waals surface area contributed by atoms with Crippen LogP contribution < -0.4 is 5.73 Å². The highest BCUT2D eigenvalue weighted by atomic mass is 16.5. The van der Waals surface area contributed by atoms with Crippen LogP contribution in [0.5, 0.6) is 0 Å². The van der Waals surface area contributed by atoms with Crippen LogP contribution in [0.1, 0.15) is 29.8 Å². The lowest BCUT2D eigenvalue weighted by Crippen LogP contribution is -2.37. The SMILES string of the molecule is Nc1c[nH]c(C(=O)N2CCCN(CC3CCCO3)CC2)c1. The summed E-state index contributed by atoms with van der Waals surface area (Å²) in [5, 5.41) is 0. The molecule has 2 aliphatic rings. The van der Waals surface area contributed by atoms with Crippen molar-refractivity contribution in [3.63, 3.8) is 0 Å². The van der Waals surface area contributed by atoms with Crippen molar-refractivity contribution < 1.29 is 9.53 Å². The predicted molar refractivity (Wildman–Crippen MR) is 81.1 cm³/mol. The Balaban J connectivity index is 1.53. The molecule has 1 aromatic rings. The number of aromatic amines is 1. The number of carbonyl (C=O) groups is 1. The van der Waals surface area contributed by atoms with Crippen molar-refractivity contribution in [2.75, 3.05) is 45.1 Å². The lowest BCUT2D eigenvalue weighted by atomic mass is 10.2. The van der Waals surface area contributed by atoms with Crippen LogP contribution in [-0.4, -0.2) is 66.1 Å². The van der Waals surface area contributed by atoms with E-state index in [9.17, 15) is 4.79 Å². The number of hydrogen-bond acceptors (Lipinski definition) is 4. The Labute approximate surface area is 125 Å². The van der Waals surface area contributed by atoms with Gasteiger partial charge in [-0.05, 0) is 31.9 Å². The quantitative estimate of drug-likeness (QED) is 0.869. The van der Waals surface area contributed by atoms with Crippen molar-refractivity contribution in [2.45, 2.75) is 25.4 Å². The van der Waals surface area contributed by atoms with Gasteiger partial charge in [-0.15, -0.1) is 0 Å². The number of aromatic nitrogens is 1.